The van der Waals surface area contributed by atoms with E-state index >= 15 is 0 Å². The zero-order valence-electron chi connectivity index (χ0n) is 10.4. The van der Waals surface area contributed by atoms with Gasteiger partial charge < -0.3 is 26.5 Å². The highest BCUT2D eigenvalue weighted by Crippen LogP contribution is 1.87. The number of carbonyl (C=O) groups is 4. The van der Waals surface area contributed by atoms with Crippen LogP contribution in [-0.4, -0.2) is 49.2 Å². The summed E-state index contributed by atoms with van der Waals surface area (Å²) in [4.78, 5) is 43.9. The second kappa shape index (κ2) is 8.18. The number of carbonyl (C=O) groups excluding carboxylic acids is 4. The van der Waals surface area contributed by atoms with E-state index < -0.39 is 29.8 Å². The zero-order valence-corrected chi connectivity index (χ0v) is 10.4. The number of amides is 3. The predicted octanol–water partition coefficient (Wildman–Crippen LogP) is -2.73. The summed E-state index contributed by atoms with van der Waals surface area (Å²) in [5, 5.41) is 7.05. The standard InChI is InChI=1S/C10H18N4O4/c1-6(9(17)12-3-4-15)14-10(18)7(2)13-8(16)5-11/h4,6-7H,3,5,11H2,1-2H3,(H,12,17)(H,13,16)(H,14,18)/t6-,7-/m0/s1. The Balaban J connectivity index is 4.17. The second-order valence-corrected chi connectivity index (χ2v) is 3.64. The lowest BCUT2D eigenvalue weighted by molar-refractivity contribution is -0.131. The van der Waals surface area contributed by atoms with Crippen molar-refractivity contribution < 1.29 is 19.2 Å². The first kappa shape index (κ1) is 16.0. The van der Waals surface area contributed by atoms with E-state index in [1.165, 1.54) is 13.8 Å². The number of rotatable bonds is 7. The summed E-state index contributed by atoms with van der Waals surface area (Å²) in [7, 11) is 0. The van der Waals surface area contributed by atoms with Crippen molar-refractivity contribution in [1.82, 2.24) is 16.0 Å². The third-order valence-corrected chi connectivity index (χ3v) is 2.07. The number of aldehydes is 1. The SMILES string of the molecule is C[C@H](NC(=O)CN)C(=O)N[C@@H](C)C(=O)NCC=O. The Morgan fingerprint density at radius 2 is 1.67 bits per heavy atom. The molecule has 0 aromatic carbocycles. The lowest BCUT2D eigenvalue weighted by atomic mass is 10.2. The molecule has 0 saturated heterocycles. The Labute approximate surface area is 105 Å². The summed E-state index contributed by atoms with van der Waals surface area (Å²) in [6.45, 7) is 2.61. The lowest BCUT2D eigenvalue weighted by Gasteiger charge is -2.17. The van der Waals surface area contributed by atoms with Crippen molar-refractivity contribution in [3.63, 3.8) is 0 Å². The van der Waals surface area contributed by atoms with Crippen LogP contribution in [0.2, 0.25) is 0 Å². The van der Waals surface area contributed by atoms with Gasteiger partial charge in [0.05, 0.1) is 13.1 Å². The summed E-state index contributed by atoms with van der Waals surface area (Å²) >= 11 is 0. The van der Waals surface area contributed by atoms with E-state index in [0.29, 0.717) is 6.29 Å². The van der Waals surface area contributed by atoms with Crippen LogP contribution in [0.5, 0.6) is 0 Å². The highest BCUT2D eigenvalue weighted by molar-refractivity contribution is 5.92. The number of hydrogen-bond acceptors (Lipinski definition) is 5. The lowest BCUT2D eigenvalue weighted by Crippen LogP contribution is -2.52. The molecular weight excluding hydrogens is 240 g/mol. The number of hydrogen-bond donors (Lipinski definition) is 4. The topological polar surface area (TPSA) is 130 Å². The van der Waals surface area contributed by atoms with Crippen LogP contribution in [0, 0.1) is 0 Å². The van der Waals surface area contributed by atoms with Crippen molar-refractivity contribution in [3.8, 4) is 0 Å². The van der Waals surface area contributed by atoms with Crippen molar-refractivity contribution in [3.05, 3.63) is 0 Å². The Hall–Kier alpha value is -1.96. The molecule has 0 aliphatic rings. The van der Waals surface area contributed by atoms with Gasteiger partial charge in [-0.15, -0.1) is 0 Å². The molecule has 0 aromatic rings. The smallest absolute Gasteiger partial charge is 0.242 e. The van der Waals surface area contributed by atoms with Crippen LogP contribution in [0.4, 0.5) is 0 Å². The molecule has 0 unspecified atom stereocenters. The first-order chi connectivity index (χ1) is 8.42. The molecule has 5 N–H and O–H groups in total. The van der Waals surface area contributed by atoms with E-state index in [-0.39, 0.29) is 13.1 Å². The highest BCUT2D eigenvalue weighted by Gasteiger charge is 2.20. The summed E-state index contributed by atoms with van der Waals surface area (Å²) in [5.41, 5.74) is 5.08. The quantitative estimate of drug-likeness (QED) is 0.368. The van der Waals surface area contributed by atoms with E-state index in [0.717, 1.165) is 0 Å². The van der Waals surface area contributed by atoms with Crippen LogP contribution in [0.1, 0.15) is 13.8 Å². The molecule has 0 fully saturated rings. The minimum atomic E-state index is -0.797. The van der Waals surface area contributed by atoms with Crippen molar-refractivity contribution >= 4 is 24.0 Å². The van der Waals surface area contributed by atoms with Crippen molar-refractivity contribution in [2.75, 3.05) is 13.1 Å². The van der Waals surface area contributed by atoms with Gasteiger partial charge in [0, 0.05) is 0 Å². The average molecular weight is 258 g/mol. The average Bonchev–Trinajstić information content (AvgIpc) is 2.35. The molecule has 0 bridgehead atoms. The van der Waals surface area contributed by atoms with E-state index in [2.05, 4.69) is 16.0 Å². The molecule has 3 amide bonds. The van der Waals surface area contributed by atoms with E-state index in [1.807, 2.05) is 0 Å². The molecule has 2 atom stereocenters. The van der Waals surface area contributed by atoms with E-state index in [4.69, 9.17) is 5.73 Å². The monoisotopic (exact) mass is 258 g/mol. The maximum absolute atomic E-state index is 11.6. The van der Waals surface area contributed by atoms with Crippen LogP contribution in [0.25, 0.3) is 0 Å². The van der Waals surface area contributed by atoms with E-state index in [9.17, 15) is 19.2 Å². The minimum absolute atomic E-state index is 0.113. The van der Waals surface area contributed by atoms with Gasteiger partial charge in [0.2, 0.25) is 17.7 Å². The normalized spacial score (nSPS) is 13.1. The Morgan fingerprint density at radius 1 is 1.11 bits per heavy atom. The highest BCUT2D eigenvalue weighted by atomic mass is 16.2. The fraction of sp³-hybridized carbons (Fsp3) is 0.600. The Morgan fingerprint density at radius 3 is 2.17 bits per heavy atom. The molecule has 102 valence electrons. The number of nitrogens with two attached hydrogens (primary N) is 1. The van der Waals surface area contributed by atoms with Gasteiger partial charge in [-0.25, -0.2) is 0 Å². The van der Waals surface area contributed by atoms with Crippen LogP contribution < -0.4 is 21.7 Å². The van der Waals surface area contributed by atoms with Gasteiger partial charge >= 0.3 is 0 Å². The summed E-state index contributed by atoms with van der Waals surface area (Å²) in [6.07, 6.45) is 0.538. The first-order valence-corrected chi connectivity index (χ1v) is 5.43. The molecule has 0 aliphatic heterocycles. The van der Waals surface area contributed by atoms with Crippen LogP contribution in [0.3, 0.4) is 0 Å². The fourth-order valence-electron chi connectivity index (χ4n) is 1.07. The maximum atomic E-state index is 11.6. The van der Waals surface area contributed by atoms with Gasteiger partial charge in [-0.05, 0) is 13.8 Å². The Kier molecular flexibility index (Phi) is 7.29. The molecule has 8 nitrogen and oxygen atoms in total. The third-order valence-electron chi connectivity index (χ3n) is 2.07. The van der Waals surface area contributed by atoms with Crippen LogP contribution in [-0.2, 0) is 19.2 Å². The largest absolute Gasteiger partial charge is 0.348 e. The van der Waals surface area contributed by atoms with Gasteiger partial charge in [0.15, 0.2) is 0 Å². The maximum Gasteiger partial charge on any atom is 0.242 e. The van der Waals surface area contributed by atoms with Crippen LogP contribution in [0.15, 0.2) is 0 Å². The molecular formula is C10H18N4O4. The summed E-state index contributed by atoms with van der Waals surface area (Å²) in [6, 6.07) is -1.59. The molecule has 0 saturated carbocycles. The van der Waals surface area contributed by atoms with Gasteiger partial charge in [-0.1, -0.05) is 0 Å². The van der Waals surface area contributed by atoms with Gasteiger partial charge in [-0.3, -0.25) is 14.4 Å². The number of nitrogens with one attached hydrogen (secondary N) is 3. The van der Waals surface area contributed by atoms with Gasteiger partial charge in [0.25, 0.3) is 0 Å². The third kappa shape index (κ3) is 5.94. The minimum Gasteiger partial charge on any atom is -0.348 e. The fourth-order valence-corrected chi connectivity index (χ4v) is 1.07. The molecule has 8 heteroatoms. The molecule has 0 aliphatic carbocycles. The molecule has 0 aromatic heterocycles. The Bertz CT molecular complexity index is 332. The zero-order chi connectivity index (χ0) is 14.1. The molecule has 18 heavy (non-hydrogen) atoms. The molecule has 0 spiro atoms. The molecule has 0 radical (unpaired) electrons. The molecule has 0 rings (SSSR count). The van der Waals surface area contributed by atoms with Crippen molar-refractivity contribution in [1.29, 1.82) is 0 Å². The van der Waals surface area contributed by atoms with Gasteiger partial charge in [-0.2, -0.15) is 0 Å². The predicted molar refractivity (Wildman–Crippen MR) is 63.3 cm³/mol. The van der Waals surface area contributed by atoms with Crippen molar-refractivity contribution in [2.45, 2.75) is 25.9 Å². The summed E-state index contributed by atoms with van der Waals surface area (Å²) < 4.78 is 0. The van der Waals surface area contributed by atoms with Gasteiger partial charge in [0.1, 0.15) is 18.4 Å². The van der Waals surface area contributed by atoms with Crippen LogP contribution >= 0.6 is 0 Å². The summed E-state index contributed by atoms with van der Waals surface area (Å²) in [5.74, 6) is -1.45. The first-order valence-electron chi connectivity index (χ1n) is 5.43. The second-order valence-electron chi connectivity index (χ2n) is 3.64. The molecule has 0 heterocycles. The van der Waals surface area contributed by atoms with E-state index in [1.54, 1.807) is 0 Å². The van der Waals surface area contributed by atoms with Crippen molar-refractivity contribution in [2.24, 2.45) is 5.73 Å².